The molecule has 1 aromatic rings. The Morgan fingerprint density at radius 3 is 3.06 bits per heavy atom. The van der Waals surface area contributed by atoms with E-state index in [0.717, 1.165) is 18.7 Å². The first kappa shape index (κ1) is 11.6. The van der Waals surface area contributed by atoms with Crippen LogP contribution in [0.4, 0.5) is 0 Å². The van der Waals surface area contributed by atoms with Crippen LogP contribution in [0.5, 0.6) is 0 Å². The van der Waals surface area contributed by atoms with Gasteiger partial charge in [0.2, 0.25) is 0 Å². The number of aliphatic hydroxyl groups is 1. The lowest BCUT2D eigenvalue weighted by atomic mass is 10.0. The molecule has 0 bridgehead atoms. The number of aliphatic hydroxyl groups excluding tert-OH is 1. The van der Waals surface area contributed by atoms with Crippen molar-refractivity contribution in [2.75, 3.05) is 19.7 Å². The molecule has 1 aliphatic rings. The summed E-state index contributed by atoms with van der Waals surface area (Å²) in [5, 5.41) is 9.44. The predicted molar refractivity (Wildman–Crippen MR) is 61.9 cm³/mol. The van der Waals surface area contributed by atoms with Crippen LogP contribution in [0.15, 0.2) is 22.8 Å². The molecule has 0 amide bonds. The van der Waals surface area contributed by atoms with E-state index in [2.05, 4.69) is 11.8 Å². The Balaban J connectivity index is 2.16. The minimum Gasteiger partial charge on any atom is -0.468 e. The number of nitrogens with two attached hydrogens (primary N) is 1. The Kier molecular flexibility index (Phi) is 3.63. The van der Waals surface area contributed by atoms with Gasteiger partial charge in [0.1, 0.15) is 5.76 Å². The molecule has 0 spiro atoms. The van der Waals surface area contributed by atoms with Gasteiger partial charge in [-0.2, -0.15) is 0 Å². The predicted octanol–water partition coefficient (Wildman–Crippen LogP) is 0.982. The summed E-state index contributed by atoms with van der Waals surface area (Å²) in [4.78, 5) is 2.27. The molecule has 3 unspecified atom stereocenters. The minimum atomic E-state index is 0.0945. The van der Waals surface area contributed by atoms with Gasteiger partial charge in [0.25, 0.3) is 0 Å². The molecule has 1 fully saturated rings. The van der Waals surface area contributed by atoms with E-state index in [9.17, 15) is 5.11 Å². The second-order valence-electron chi connectivity index (χ2n) is 4.52. The largest absolute Gasteiger partial charge is 0.468 e. The molecule has 4 nitrogen and oxygen atoms in total. The van der Waals surface area contributed by atoms with E-state index in [-0.39, 0.29) is 18.7 Å². The molecule has 0 saturated carbocycles. The van der Waals surface area contributed by atoms with Crippen LogP contribution in [0.25, 0.3) is 0 Å². The molecule has 0 radical (unpaired) electrons. The van der Waals surface area contributed by atoms with E-state index < -0.39 is 0 Å². The molecular weight excluding hydrogens is 204 g/mol. The normalized spacial score (nSPS) is 28.4. The van der Waals surface area contributed by atoms with Gasteiger partial charge < -0.3 is 15.3 Å². The summed E-state index contributed by atoms with van der Waals surface area (Å²) in [5.74, 6) is 1.42. The van der Waals surface area contributed by atoms with E-state index in [1.165, 1.54) is 0 Å². The van der Waals surface area contributed by atoms with E-state index in [1.54, 1.807) is 6.26 Å². The van der Waals surface area contributed by atoms with Crippen molar-refractivity contribution >= 4 is 0 Å². The molecule has 4 heteroatoms. The lowest BCUT2D eigenvalue weighted by Crippen LogP contribution is -2.40. The minimum absolute atomic E-state index is 0.0945. The van der Waals surface area contributed by atoms with Crippen molar-refractivity contribution in [2.24, 2.45) is 11.7 Å². The second kappa shape index (κ2) is 4.99. The Hall–Kier alpha value is -0.840. The van der Waals surface area contributed by atoms with Crippen molar-refractivity contribution in [1.29, 1.82) is 0 Å². The number of nitrogens with zero attached hydrogens (tertiary/aromatic N) is 1. The first-order valence-electron chi connectivity index (χ1n) is 5.88. The zero-order valence-corrected chi connectivity index (χ0v) is 9.67. The molecule has 16 heavy (non-hydrogen) atoms. The Morgan fingerprint density at radius 1 is 1.69 bits per heavy atom. The summed E-state index contributed by atoms with van der Waals surface area (Å²) in [6.07, 6.45) is 2.79. The number of furan rings is 1. The van der Waals surface area contributed by atoms with Crippen molar-refractivity contribution in [3.05, 3.63) is 24.2 Å². The third-order valence-electron chi connectivity index (χ3n) is 3.61. The zero-order valence-electron chi connectivity index (χ0n) is 9.67. The average molecular weight is 224 g/mol. The van der Waals surface area contributed by atoms with Crippen LogP contribution in [0.1, 0.15) is 25.1 Å². The van der Waals surface area contributed by atoms with E-state index >= 15 is 0 Å². The quantitative estimate of drug-likeness (QED) is 0.800. The fourth-order valence-corrected chi connectivity index (χ4v) is 2.61. The summed E-state index contributed by atoms with van der Waals surface area (Å²) in [7, 11) is 0. The van der Waals surface area contributed by atoms with Gasteiger partial charge >= 0.3 is 0 Å². The highest BCUT2D eigenvalue weighted by molar-refractivity contribution is 5.07. The molecule has 0 aromatic carbocycles. The maximum Gasteiger partial charge on any atom is 0.122 e. The van der Waals surface area contributed by atoms with Crippen molar-refractivity contribution in [1.82, 2.24) is 4.90 Å². The molecule has 1 aliphatic heterocycles. The fraction of sp³-hybridized carbons (Fsp3) is 0.667. The van der Waals surface area contributed by atoms with Gasteiger partial charge in [-0.05, 0) is 31.0 Å². The van der Waals surface area contributed by atoms with Crippen LogP contribution in [0.3, 0.4) is 0 Å². The smallest absolute Gasteiger partial charge is 0.122 e. The third kappa shape index (κ3) is 2.00. The van der Waals surface area contributed by atoms with Gasteiger partial charge in [0.05, 0.1) is 18.9 Å². The number of hydrogen-bond donors (Lipinski definition) is 2. The number of likely N-dealkylation sites (tertiary alicyclic amines) is 1. The molecule has 2 heterocycles. The van der Waals surface area contributed by atoms with E-state index in [1.807, 2.05) is 12.1 Å². The van der Waals surface area contributed by atoms with Crippen molar-refractivity contribution in [3.8, 4) is 0 Å². The Bertz CT molecular complexity index is 313. The molecule has 3 atom stereocenters. The van der Waals surface area contributed by atoms with Crippen molar-refractivity contribution in [2.45, 2.75) is 25.4 Å². The first-order valence-corrected chi connectivity index (χ1v) is 5.88. The van der Waals surface area contributed by atoms with E-state index in [0.29, 0.717) is 12.5 Å². The van der Waals surface area contributed by atoms with Gasteiger partial charge in [-0.3, -0.25) is 4.90 Å². The SMILES string of the molecule is CC1CCN(C(CN)c2ccco2)C1CO. The monoisotopic (exact) mass is 224 g/mol. The summed E-state index contributed by atoms with van der Waals surface area (Å²) >= 11 is 0. The second-order valence-corrected chi connectivity index (χ2v) is 4.52. The summed E-state index contributed by atoms with van der Waals surface area (Å²) < 4.78 is 5.42. The molecule has 90 valence electrons. The Morgan fingerprint density at radius 2 is 2.50 bits per heavy atom. The maximum atomic E-state index is 9.44. The summed E-state index contributed by atoms with van der Waals surface area (Å²) in [6.45, 7) is 3.88. The van der Waals surface area contributed by atoms with Gasteiger partial charge in [-0.1, -0.05) is 6.92 Å². The molecular formula is C12H20N2O2. The summed E-state index contributed by atoms with van der Waals surface area (Å²) in [6, 6.07) is 4.14. The molecule has 3 N–H and O–H groups in total. The lowest BCUT2D eigenvalue weighted by Gasteiger charge is -2.31. The fourth-order valence-electron chi connectivity index (χ4n) is 2.61. The number of rotatable bonds is 4. The van der Waals surface area contributed by atoms with Crippen LogP contribution in [-0.2, 0) is 0 Å². The molecule has 1 saturated heterocycles. The molecule has 1 aromatic heterocycles. The van der Waals surface area contributed by atoms with Crippen LogP contribution >= 0.6 is 0 Å². The number of hydrogen-bond acceptors (Lipinski definition) is 4. The maximum absolute atomic E-state index is 9.44. The van der Waals surface area contributed by atoms with Gasteiger partial charge in [-0.25, -0.2) is 0 Å². The zero-order chi connectivity index (χ0) is 11.5. The van der Waals surface area contributed by atoms with Crippen LogP contribution < -0.4 is 5.73 Å². The standard InChI is InChI=1S/C12H20N2O2/c1-9-4-5-14(11(9)8-15)10(7-13)12-3-2-6-16-12/h2-3,6,9-11,15H,4-5,7-8,13H2,1H3. The first-order chi connectivity index (χ1) is 7.77. The summed E-state index contributed by atoms with van der Waals surface area (Å²) in [5.41, 5.74) is 5.82. The highest BCUT2D eigenvalue weighted by Crippen LogP contribution is 2.32. The van der Waals surface area contributed by atoms with Crippen molar-refractivity contribution in [3.63, 3.8) is 0 Å². The highest BCUT2D eigenvalue weighted by atomic mass is 16.3. The van der Waals surface area contributed by atoms with Crippen LogP contribution in [-0.4, -0.2) is 35.7 Å². The molecule has 2 rings (SSSR count). The average Bonchev–Trinajstić information content (AvgIpc) is 2.90. The third-order valence-corrected chi connectivity index (χ3v) is 3.61. The topological polar surface area (TPSA) is 62.6 Å². The highest BCUT2D eigenvalue weighted by Gasteiger charge is 2.36. The van der Waals surface area contributed by atoms with Crippen LogP contribution in [0, 0.1) is 5.92 Å². The van der Waals surface area contributed by atoms with E-state index in [4.69, 9.17) is 10.2 Å². The van der Waals surface area contributed by atoms with Gasteiger partial charge in [0.15, 0.2) is 0 Å². The van der Waals surface area contributed by atoms with Gasteiger partial charge in [-0.15, -0.1) is 0 Å². The Labute approximate surface area is 96.0 Å². The lowest BCUT2D eigenvalue weighted by molar-refractivity contribution is 0.0956. The molecule has 0 aliphatic carbocycles. The van der Waals surface area contributed by atoms with Gasteiger partial charge in [0, 0.05) is 12.6 Å². The van der Waals surface area contributed by atoms with Crippen molar-refractivity contribution < 1.29 is 9.52 Å². The van der Waals surface area contributed by atoms with Crippen LogP contribution in [0.2, 0.25) is 0 Å².